The van der Waals surface area contributed by atoms with E-state index in [1.165, 1.54) is 19.3 Å². The average Bonchev–Trinajstić information content (AvgIpc) is 3.06. The van der Waals surface area contributed by atoms with Crippen molar-refractivity contribution in [1.82, 2.24) is 5.32 Å². The van der Waals surface area contributed by atoms with Crippen molar-refractivity contribution in [2.45, 2.75) is 38.8 Å². The molecule has 0 heterocycles. The van der Waals surface area contributed by atoms with E-state index in [4.69, 9.17) is 0 Å². The first kappa shape index (κ1) is 13.5. The summed E-state index contributed by atoms with van der Waals surface area (Å²) in [7, 11) is 0. The molecule has 1 saturated carbocycles. The molecule has 2 rings (SSSR count). The SMILES string of the molecule is CCCC1CC1NCc1ccc([N+](=O)[O-])cc1Br. The van der Waals surface area contributed by atoms with Crippen LogP contribution in [0.5, 0.6) is 0 Å². The first-order valence-corrected chi connectivity index (χ1v) is 7.07. The number of benzene rings is 1. The highest BCUT2D eigenvalue weighted by Gasteiger charge is 2.35. The molecule has 18 heavy (non-hydrogen) atoms. The Balaban J connectivity index is 1.89. The summed E-state index contributed by atoms with van der Waals surface area (Å²) in [6.07, 6.45) is 3.79. The molecule has 1 aliphatic rings. The van der Waals surface area contributed by atoms with Crippen molar-refractivity contribution < 1.29 is 4.92 Å². The molecular formula is C13H17BrN2O2. The maximum absolute atomic E-state index is 10.6. The van der Waals surface area contributed by atoms with Crippen molar-refractivity contribution in [3.63, 3.8) is 0 Å². The van der Waals surface area contributed by atoms with Gasteiger partial charge in [-0.15, -0.1) is 0 Å². The van der Waals surface area contributed by atoms with Crippen LogP contribution in [0.4, 0.5) is 5.69 Å². The molecule has 0 saturated heterocycles. The van der Waals surface area contributed by atoms with E-state index in [0.717, 1.165) is 22.5 Å². The topological polar surface area (TPSA) is 55.2 Å². The first-order valence-electron chi connectivity index (χ1n) is 6.28. The van der Waals surface area contributed by atoms with Crippen LogP contribution in [0.25, 0.3) is 0 Å². The van der Waals surface area contributed by atoms with Crippen molar-refractivity contribution in [2.75, 3.05) is 0 Å². The maximum atomic E-state index is 10.6. The Labute approximate surface area is 115 Å². The molecule has 4 nitrogen and oxygen atoms in total. The number of nitro benzene ring substituents is 1. The van der Waals surface area contributed by atoms with Crippen molar-refractivity contribution in [2.24, 2.45) is 5.92 Å². The summed E-state index contributed by atoms with van der Waals surface area (Å²) in [5, 5.41) is 14.1. The van der Waals surface area contributed by atoms with Gasteiger partial charge in [-0.1, -0.05) is 29.3 Å². The summed E-state index contributed by atoms with van der Waals surface area (Å²) in [6, 6.07) is 5.56. The largest absolute Gasteiger partial charge is 0.310 e. The molecule has 1 aromatic carbocycles. The molecule has 1 aliphatic carbocycles. The van der Waals surface area contributed by atoms with Crippen LogP contribution in [0.3, 0.4) is 0 Å². The summed E-state index contributed by atoms with van der Waals surface area (Å²) in [4.78, 5) is 10.2. The van der Waals surface area contributed by atoms with E-state index in [1.807, 2.05) is 6.07 Å². The third-order valence-electron chi connectivity index (χ3n) is 3.38. The minimum atomic E-state index is -0.375. The van der Waals surface area contributed by atoms with E-state index in [2.05, 4.69) is 28.2 Å². The van der Waals surface area contributed by atoms with Gasteiger partial charge in [0.1, 0.15) is 0 Å². The number of hydrogen-bond donors (Lipinski definition) is 1. The monoisotopic (exact) mass is 312 g/mol. The van der Waals surface area contributed by atoms with E-state index in [0.29, 0.717) is 6.04 Å². The van der Waals surface area contributed by atoms with Gasteiger partial charge in [-0.25, -0.2) is 0 Å². The number of nitrogens with one attached hydrogen (secondary N) is 1. The zero-order chi connectivity index (χ0) is 13.1. The average molecular weight is 313 g/mol. The fourth-order valence-electron chi connectivity index (χ4n) is 2.22. The highest BCUT2D eigenvalue weighted by Crippen LogP contribution is 2.35. The molecule has 1 N–H and O–H groups in total. The maximum Gasteiger partial charge on any atom is 0.270 e. The fraction of sp³-hybridized carbons (Fsp3) is 0.538. The summed E-state index contributed by atoms with van der Waals surface area (Å²) in [5.74, 6) is 0.826. The van der Waals surface area contributed by atoms with Gasteiger partial charge in [0.2, 0.25) is 0 Å². The van der Waals surface area contributed by atoms with E-state index < -0.39 is 0 Å². The highest BCUT2D eigenvalue weighted by atomic mass is 79.9. The third kappa shape index (κ3) is 3.29. The van der Waals surface area contributed by atoms with Crippen molar-refractivity contribution >= 4 is 21.6 Å². The Morgan fingerprint density at radius 1 is 1.56 bits per heavy atom. The van der Waals surface area contributed by atoms with Crippen molar-refractivity contribution in [1.29, 1.82) is 0 Å². The fourth-order valence-corrected chi connectivity index (χ4v) is 2.73. The molecule has 0 radical (unpaired) electrons. The van der Waals surface area contributed by atoms with Gasteiger partial charge in [0.25, 0.3) is 5.69 Å². The lowest BCUT2D eigenvalue weighted by Gasteiger charge is -2.06. The van der Waals surface area contributed by atoms with E-state index in [1.54, 1.807) is 12.1 Å². The lowest BCUT2D eigenvalue weighted by atomic mass is 10.2. The molecule has 0 amide bonds. The lowest BCUT2D eigenvalue weighted by molar-refractivity contribution is -0.384. The zero-order valence-corrected chi connectivity index (χ0v) is 11.9. The Morgan fingerprint density at radius 3 is 2.94 bits per heavy atom. The molecule has 2 unspecified atom stereocenters. The van der Waals surface area contributed by atoms with Gasteiger partial charge < -0.3 is 5.32 Å². The van der Waals surface area contributed by atoms with Crippen LogP contribution in [0.15, 0.2) is 22.7 Å². The predicted octanol–water partition coefficient (Wildman–Crippen LogP) is 3.64. The number of nitrogens with zero attached hydrogens (tertiary/aromatic N) is 1. The Hall–Kier alpha value is -0.940. The van der Waals surface area contributed by atoms with Crippen molar-refractivity contribution in [3.05, 3.63) is 38.3 Å². The summed E-state index contributed by atoms with van der Waals surface area (Å²) in [5.41, 5.74) is 1.20. The van der Waals surface area contributed by atoms with Gasteiger partial charge in [0, 0.05) is 29.2 Å². The summed E-state index contributed by atoms with van der Waals surface area (Å²) in [6.45, 7) is 2.98. The normalized spacial score (nSPS) is 21.9. The Bertz CT molecular complexity index is 451. The molecular weight excluding hydrogens is 296 g/mol. The van der Waals surface area contributed by atoms with Crippen LogP contribution in [0, 0.1) is 16.0 Å². The van der Waals surface area contributed by atoms with Crippen LogP contribution < -0.4 is 5.32 Å². The Kier molecular flexibility index (Phi) is 4.35. The minimum absolute atomic E-state index is 0.126. The summed E-state index contributed by atoms with van der Waals surface area (Å²) >= 11 is 3.39. The second-order valence-electron chi connectivity index (χ2n) is 4.80. The van der Waals surface area contributed by atoms with Crippen molar-refractivity contribution in [3.8, 4) is 0 Å². The number of nitro groups is 1. The van der Waals surface area contributed by atoms with Crippen LogP contribution in [-0.2, 0) is 6.54 Å². The van der Waals surface area contributed by atoms with Gasteiger partial charge in [0.05, 0.1) is 4.92 Å². The molecule has 0 aromatic heterocycles. The number of non-ortho nitro benzene ring substituents is 1. The summed E-state index contributed by atoms with van der Waals surface area (Å²) < 4.78 is 0.803. The zero-order valence-electron chi connectivity index (χ0n) is 10.4. The molecule has 0 spiro atoms. The van der Waals surface area contributed by atoms with Crippen LogP contribution in [0.1, 0.15) is 31.7 Å². The van der Waals surface area contributed by atoms with E-state index in [9.17, 15) is 10.1 Å². The van der Waals surface area contributed by atoms with Crippen LogP contribution in [0.2, 0.25) is 0 Å². The molecule has 0 bridgehead atoms. The smallest absolute Gasteiger partial charge is 0.270 e. The quantitative estimate of drug-likeness (QED) is 0.644. The number of rotatable bonds is 6. The number of hydrogen-bond acceptors (Lipinski definition) is 3. The standard InChI is InChI=1S/C13H17BrN2O2/c1-2-3-9-6-13(9)15-8-10-4-5-11(16(17)18)7-12(10)14/h4-5,7,9,13,15H,2-3,6,8H2,1H3. The third-order valence-corrected chi connectivity index (χ3v) is 4.12. The van der Waals surface area contributed by atoms with E-state index in [-0.39, 0.29) is 10.6 Å². The molecule has 5 heteroatoms. The molecule has 1 aromatic rings. The Morgan fingerprint density at radius 2 is 2.33 bits per heavy atom. The molecule has 2 atom stereocenters. The predicted molar refractivity (Wildman–Crippen MR) is 74.4 cm³/mol. The highest BCUT2D eigenvalue weighted by molar-refractivity contribution is 9.10. The van der Waals surface area contributed by atoms with Crippen LogP contribution >= 0.6 is 15.9 Å². The van der Waals surface area contributed by atoms with Gasteiger partial charge in [0.15, 0.2) is 0 Å². The van der Waals surface area contributed by atoms with Gasteiger partial charge in [-0.2, -0.15) is 0 Å². The lowest BCUT2D eigenvalue weighted by Crippen LogP contribution is -2.17. The molecule has 98 valence electrons. The molecule has 1 fully saturated rings. The first-order chi connectivity index (χ1) is 8.61. The second-order valence-corrected chi connectivity index (χ2v) is 5.66. The van der Waals surface area contributed by atoms with Gasteiger partial charge in [-0.05, 0) is 30.4 Å². The van der Waals surface area contributed by atoms with Gasteiger partial charge in [-0.3, -0.25) is 10.1 Å². The molecule has 0 aliphatic heterocycles. The minimum Gasteiger partial charge on any atom is -0.310 e. The second kappa shape index (κ2) is 5.80. The van der Waals surface area contributed by atoms with Crippen LogP contribution in [-0.4, -0.2) is 11.0 Å². The van der Waals surface area contributed by atoms with E-state index >= 15 is 0 Å². The number of halogens is 1. The van der Waals surface area contributed by atoms with Gasteiger partial charge >= 0.3 is 0 Å².